The number of carbonyl (C=O) groups excluding carboxylic acids is 5. The lowest BCUT2D eigenvalue weighted by Crippen LogP contribution is -2.54. The first-order valence-corrected chi connectivity index (χ1v) is 10.2. The van der Waals surface area contributed by atoms with E-state index in [4.69, 9.17) is 4.74 Å². The molecule has 1 aromatic rings. The van der Waals surface area contributed by atoms with Crippen molar-refractivity contribution in [2.45, 2.75) is 44.2 Å². The largest absolute Gasteiger partial charge is 0.446 e. The van der Waals surface area contributed by atoms with Crippen molar-refractivity contribution >= 4 is 29.8 Å². The molecule has 1 heterocycles. The van der Waals surface area contributed by atoms with Crippen LogP contribution in [0.1, 0.15) is 44.3 Å². The van der Waals surface area contributed by atoms with E-state index in [-0.39, 0.29) is 5.92 Å². The molecule has 2 aliphatic rings. The molecule has 0 aromatic heterocycles. The first kappa shape index (κ1) is 22.3. The molecule has 1 spiro atoms. The van der Waals surface area contributed by atoms with E-state index in [0.717, 1.165) is 24.2 Å². The summed E-state index contributed by atoms with van der Waals surface area (Å²) >= 11 is 0. The number of imide groups is 2. The Morgan fingerprint density at radius 2 is 1.94 bits per heavy atom. The number of rotatable bonds is 5. The van der Waals surface area contributed by atoms with Gasteiger partial charge in [-0.25, -0.2) is 9.59 Å². The summed E-state index contributed by atoms with van der Waals surface area (Å²) in [5.74, 6) is -2.29. The lowest BCUT2D eigenvalue weighted by molar-refractivity contribution is -0.158. The Hall–Kier alpha value is -3.43. The number of amides is 6. The summed E-state index contributed by atoms with van der Waals surface area (Å²) in [4.78, 5) is 62.9. The lowest BCUT2D eigenvalue weighted by Gasteiger charge is -2.36. The number of urea groups is 2. The molecule has 3 rings (SSSR count). The van der Waals surface area contributed by atoms with Crippen LogP contribution in [-0.4, -0.2) is 53.9 Å². The molecule has 3 atom stereocenters. The van der Waals surface area contributed by atoms with E-state index < -0.39 is 48.0 Å². The van der Waals surface area contributed by atoms with Crippen LogP contribution in [0.4, 0.5) is 9.59 Å². The molecule has 166 valence electrons. The van der Waals surface area contributed by atoms with Crippen LogP contribution in [0.2, 0.25) is 0 Å². The minimum Gasteiger partial charge on any atom is -0.446 e. The number of carbonyl (C=O) groups is 5. The highest BCUT2D eigenvalue weighted by molar-refractivity contribution is 6.09. The van der Waals surface area contributed by atoms with Crippen molar-refractivity contribution in [1.82, 2.24) is 20.9 Å². The van der Waals surface area contributed by atoms with Gasteiger partial charge in [0.2, 0.25) is 6.10 Å². The first-order valence-electron chi connectivity index (χ1n) is 10.2. The van der Waals surface area contributed by atoms with Gasteiger partial charge in [-0.15, -0.1) is 0 Å². The molecule has 1 aliphatic heterocycles. The maximum Gasteiger partial charge on any atom is 0.327 e. The fourth-order valence-corrected chi connectivity index (χ4v) is 4.08. The molecule has 3 N–H and O–H groups in total. The first-order chi connectivity index (χ1) is 14.8. The van der Waals surface area contributed by atoms with Gasteiger partial charge in [0.1, 0.15) is 12.1 Å². The van der Waals surface area contributed by atoms with Gasteiger partial charge in [0.05, 0.1) is 0 Å². The van der Waals surface area contributed by atoms with Gasteiger partial charge in [0.15, 0.2) is 0 Å². The molecular formula is C21H26N4O6. The fourth-order valence-electron chi connectivity index (χ4n) is 4.08. The summed E-state index contributed by atoms with van der Waals surface area (Å²) in [5, 5.41) is 7.08. The predicted octanol–water partition coefficient (Wildman–Crippen LogP) is 1.23. The quantitative estimate of drug-likeness (QED) is 0.475. The van der Waals surface area contributed by atoms with Crippen LogP contribution in [-0.2, 0) is 19.1 Å². The summed E-state index contributed by atoms with van der Waals surface area (Å²) in [5.41, 5.74) is -0.655. The molecule has 6 amide bonds. The Kier molecular flexibility index (Phi) is 6.57. The fraction of sp³-hybridized carbons (Fsp3) is 0.476. The number of nitrogens with one attached hydrogen (secondary N) is 3. The standard InChI is InChI=1S/C21H26N4O6/c1-13-8-6-7-11-21(13)18(28)25(20(30)24-21)12-15(26)31-16(14-9-4-3-5-10-14)17(27)23-19(29)22-2/h3-5,9-10,13,16H,6-8,11-12H2,1-2H3,(H,24,30)(H2,22,23,27,29)/t13-,16+,21+/m0/s1. The third-order valence-corrected chi connectivity index (χ3v) is 5.84. The van der Waals surface area contributed by atoms with E-state index in [9.17, 15) is 24.0 Å². The van der Waals surface area contributed by atoms with Gasteiger partial charge in [0, 0.05) is 12.6 Å². The van der Waals surface area contributed by atoms with Gasteiger partial charge in [0.25, 0.3) is 11.8 Å². The normalized spacial score (nSPS) is 23.8. The second-order valence-corrected chi connectivity index (χ2v) is 7.79. The monoisotopic (exact) mass is 430 g/mol. The topological polar surface area (TPSA) is 134 Å². The van der Waals surface area contributed by atoms with Gasteiger partial charge in [-0.05, 0) is 18.8 Å². The van der Waals surface area contributed by atoms with Crippen LogP contribution in [0.25, 0.3) is 0 Å². The van der Waals surface area contributed by atoms with E-state index in [1.807, 2.05) is 6.92 Å². The maximum absolute atomic E-state index is 13.0. The van der Waals surface area contributed by atoms with Gasteiger partial charge >= 0.3 is 18.0 Å². The maximum atomic E-state index is 13.0. The highest BCUT2D eigenvalue weighted by Crippen LogP contribution is 2.38. The zero-order valence-electron chi connectivity index (χ0n) is 17.5. The number of hydrogen-bond acceptors (Lipinski definition) is 6. The van der Waals surface area contributed by atoms with E-state index >= 15 is 0 Å². The molecular weight excluding hydrogens is 404 g/mol. The van der Waals surface area contributed by atoms with Gasteiger partial charge in [-0.1, -0.05) is 50.1 Å². The number of nitrogens with zero attached hydrogens (tertiary/aromatic N) is 1. The summed E-state index contributed by atoms with van der Waals surface area (Å²) in [7, 11) is 1.34. The Morgan fingerprint density at radius 1 is 1.23 bits per heavy atom. The highest BCUT2D eigenvalue weighted by atomic mass is 16.5. The summed E-state index contributed by atoms with van der Waals surface area (Å²) in [6, 6.07) is 6.73. The molecule has 10 nitrogen and oxygen atoms in total. The number of hydrogen-bond donors (Lipinski definition) is 3. The molecule has 10 heteroatoms. The van der Waals surface area contributed by atoms with Gasteiger partial charge in [-0.2, -0.15) is 0 Å². The second-order valence-electron chi connectivity index (χ2n) is 7.79. The Morgan fingerprint density at radius 3 is 2.58 bits per heavy atom. The van der Waals surface area contributed by atoms with Gasteiger partial charge in [-0.3, -0.25) is 24.6 Å². The van der Waals surface area contributed by atoms with E-state index in [0.29, 0.717) is 12.0 Å². The second kappa shape index (κ2) is 9.15. The van der Waals surface area contributed by atoms with E-state index in [1.54, 1.807) is 30.3 Å². The average Bonchev–Trinajstić information content (AvgIpc) is 2.99. The summed E-state index contributed by atoms with van der Waals surface area (Å²) in [6.45, 7) is 1.28. The van der Waals surface area contributed by atoms with Crippen molar-refractivity contribution in [2.24, 2.45) is 5.92 Å². The molecule has 1 saturated heterocycles. The van der Waals surface area contributed by atoms with Gasteiger partial charge < -0.3 is 15.4 Å². The zero-order chi connectivity index (χ0) is 22.6. The minimum absolute atomic E-state index is 0.0471. The molecule has 0 unspecified atom stereocenters. The van der Waals surface area contributed by atoms with E-state index in [2.05, 4.69) is 16.0 Å². The van der Waals surface area contributed by atoms with Crippen LogP contribution in [0.3, 0.4) is 0 Å². The van der Waals surface area contributed by atoms with E-state index in [1.165, 1.54) is 7.05 Å². The molecule has 0 radical (unpaired) electrons. The molecule has 1 saturated carbocycles. The van der Waals surface area contributed by atoms with Crippen molar-refractivity contribution in [2.75, 3.05) is 13.6 Å². The minimum atomic E-state index is -1.42. The van der Waals surface area contributed by atoms with Crippen LogP contribution in [0.5, 0.6) is 0 Å². The van der Waals surface area contributed by atoms with Crippen molar-refractivity contribution in [3.8, 4) is 0 Å². The highest BCUT2D eigenvalue weighted by Gasteiger charge is 2.55. The molecule has 0 bridgehead atoms. The molecule has 2 fully saturated rings. The Bertz CT molecular complexity index is 889. The number of ether oxygens (including phenoxy) is 1. The van der Waals surface area contributed by atoms with Crippen LogP contribution >= 0.6 is 0 Å². The third kappa shape index (κ3) is 4.52. The SMILES string of the molecule is CNC(=O)NC(=O)[C@H](OC(=O)CN1C(=O)N[C@@]2(CCCC[C@@H]2C)C1=O)c1ccccc1. The zero-order valence-corrected chi connectivity index (χ0v) is 17.5. The van der Waals surface area contributed by atoms with Crippen LogP contribution < -0.4 is 16.0 Å². The van der Waals surface area contributed by atoms with Crippen molar-refractivity contribution in [1.29, 1.82) is 0 Å². The van der Waals surface area contributed by atoms with Crippen molar-refractivity contribution in [3.05, 3.63) is 35.9 Å². The predicted molar refractivity (Wildman–Crippen MR) is 108 cm³/mol. The summed E-state index contributed by atoms with van der Waals surface area (Å²) in [6.07, 6.45) is 1.69. The lowest BCUT2D eigenvalue weighted by atomic mass is 9.73. The number of esters is 1. The summed E-state index contributed by atoms with van der Waals surface area (Å²) < 4.78 is 5.30. The molecule has 1 aliphatic carbocycles. The van der Waals surface area contributed by atoms with Crippen molar-refractivity contribution in [3.63, 3.8) is 0 Å². The smallest absolute Gasteiger partial charge is 0.327 e. The van der Waals surface area contributed by atoms with Crippen LogP contribution in [0, 0.1) is 5.92 Å². The molecule has 31 heavy (non-hydrogen) atoms. The number of benzene rings is 1. The average molecular weight is 430 g/mol. The van der Waals surface area contributed by atoms with Crippen LogP contribution in [0.15, 0.2) is 30.3 Å². The molecule has 1 aromatic carbocycles. The Labute approximate surface area is 179 Å². The van der Waals surface area contributed by atoms with Crippen molar-refractivity contribution < 1.29 is 28.7 Å². The Balaban J connectivity index is 1.73. The third-order valence-electron chi connectivity index (χ3n) is 5.84.